The van der Waals surface area contributed by atoms with Crippen molar-refractivity contribution in [2.45, 2.75) is 6.18 Å². The van der Waals surface area contributed by atoms with Crippen LogP contribution in [0.1, 0.15) is 16.2 Å². The number of hydrogen-bond donors (Lipinski definition) is 1. The van der Waals surface area contributed by atoms with Crippen LogP contribution in [-0.2, 0) is 6.18 Å². The molecule has 3 rings (SSSR count). The number of hydrogen-bond acceptors (Lipinski definition) is 5. The van der Waals surface area contributed by atoms with Crippen molar-refractivity contribution in [2.24, 2.45) is 0 Å². The molecule has 2 aromatic carbocycles. The molecule has 1 amide bonds. The fourth-order valence-electron chi connectivity index (χ4n) is 2.33. The van der Waals surface area contributed by atoms with Crippen molar-refractivity contribution >= 4 is 22.5 Å². The molecule has 0 aliphatic heterocycles. The third-order valence-corrected chi connectivity index (χ3v) is 3.58. The number of benzene rings is 2. The van der Waals surface area contributed by atoms with Gasteiger partial charge in [-0.25, -0.2) is 4.98 Å². The Morgan fingerprint density at radius 1 is 1.11 bits per heavy atom. The fourth-order valence-corrected chi connectivity index (χ4v) is 2.33. The lowest BCUT2D eigenvalue weighted by Crippen LogP contribution is -2.39. The molecule has 0 aliphatic carbocycles. The summed E-state index contributed by atoms with van der Waals surface area (Å²) in [5.41, 5.74) is 0.105. The Labute approximate surface area is 148 Å². The first kappa shape index (κ1) is 18.0. The van der Waals surface area contributed by atoms with Crippen LogP contribution in [0.5, 0.6) is 0 Å². The molecule has 0 aliphatic rings. The number of nitro benzene ring substituents is 1. The summed E-state index contributed by atoms with van der Waals surface area (Å²) in [6, 6.07) is 9.53. The molecule has 0 fully saturated rings. The summed E-state index contributed by atoms with van der Waals surface area (Å²) in [5.74, 6) is -2.66. The Bertz CT molecular complexity index is 1110. The highest BCUT2D eigenvalue weighted by molar-refractivity contribution is 6.00. The van der Waals surface area contributed by atoms with Crippen LogP contribution in [0.3, 0.4) is 0 Å². The third-order valence-electron chi connectivity index (χ3n) is 3.58. The van der Waals surface area contributed by atoms with E-state index in [0.717, 1.165) is 24.3 Å². The van der Waals surface area contributed by atoms with Crippen molar-refractivity contribution in [1.82, 2.24) is 9.66 Å². The number of non-ortho nitro benzene ring substituents is 1. The first-order valence-corrected chi connectivity index (χ1v) is 7.33. The lowest BCUT2D eigenvalue weighted by atomic mass is 10.2. The number of nitrogens with zero attached hydrogens (tertiary/aromatic N) is 3. The molecule has 0 saturated carbocycles. The molecule has 27 heavy (non-hydrogen) atoms. The van der Waals surface area contributed by atoms with E-state index in [1.807, 2.05) is 5.43 Å². The number of nitrogens with one attached hydrogen (secondary N) is 1. The molecule has 0 saturated heterocycles. The van der Waals surface area contributed by atoms with Gasteiger partial charge < -0.3 is 0 Å². The van der Waals surface area contributed by atoms with Crippen molar-refractivity contribution in [3.63, 3.8) is 0 Å². The molecule has 11 heteroatoms. The van der Waals surface area contributed by atoms with Gasteiger partial charge in [-0.3, -0.25) is 25.1 Å². The molecule has 0 unspecified atom stereocenters. The maximum Gasteiger partial charge on any atom is 0.451 e. The van der Waals surface area contributed by atoms with Crippen LogP contribution in [-0.4, -0.2) is 20.5 Å². The molecule has 138 valence electrons. The van der Waals surface area contributed by atoms with E-state index >= 15 is 0 Å². The van der Waals surface area contributed by atoms with Crippen molar-refractivity contribution < 1.29 is 22.9 Å². The van der Waals surface area contributed by atoms with Crippen LogP contribution in [0.25, 0.3) is 10.9 Å². The zero-order valence-corrected chi connectivity index (χ0v) is 13.2. The number of halogens is 3. The summed E-state index contributed by atoms with van der Waals surface area (Å²) < 4.78 is 39.9. The van der Waals surface area contributed by atoms with Crippen molar-refractivity contribution in [2.75, 3.05) is 5.43 Å². The normalized spacial score (nSPS) is 11.4. The highest BCUT2D eigenvalue weighted by Crippen LogP contribution is 2.27. The van der Waals surface area contributed by atoms with Gasteiger partial charge in [0.2, 0.25) is 5.82 Å². The van der Waals surface area contributed by atoms with Gasteiger partial charge in [0.1, 0.15) is 0 Å². The van der Waals surface area contributed by atoms with Crippen LogP contribution in [0.2, 0.25) is 0 Å². The van der Waals surface area contributed by atoms with Crippen molar-refractivity contribution in [3.8, 4) is 0 Å². The third kappa shape index (κ3) is 3.47. The van der Waals surface area contributed by atoms with Gasteiger partial charge in [0.05, 0.1) is 15.8 Å². The van der Waals surface area contributed by atoms with Crippen molar-refractivity contribution in [1.29, 1.82) is 0 Å². The summed E-state index contributed by atoms with van der Waals surface area (Å²) in [6.07, 6.45) is -5.01. The highest BCUT2D eigenvalue weighted by Gasteiger charge is 2.38. The second kappa shape index (κ2) is 6.52. The Morgan fingerprint density at radius 3 is 2.33 bits per heavy atom. The van der Waals surface area contributed by atoms with Gasteiger partial charge >= 0.3 is 6.18 Å². The minimum Gasteiger partial charge on any atom is -0.267 e. The standard InChI is InChI=1S/C16H9F3N4O4/c17-16(18,19)15-20-12-4-2-1-3-11(12)14(25)22(15)21-13(24)9-5-7-10(8-6-9)23(26)27/h1-8H,(H,21,24). The number of alkyl halides is 3. The molecule has 3 aromatic rings. The Kier molecular flexibility index (Phi) is 4.35. The van der Waals surface area contributed by atoms with Gasteiger partial charge in [-0.15, -0.1) is 0 Å². The van der Waals surface area contributed by atoms with E-state index in [2.05, 4.69) is 4.98 Å². The molecule has 1 heterocycles. The summed E-state index contributed by atoms with van der Waals surface area (Å²) in [7, 11) is 0. The van der Waals surface area contributed by atoms with Gasteiger partial charge in [-0.05, 0) is 24.3 Å². The number of aromatic nitrogens is 2. The second-order valence-corrected chi connectivity index (χ2v) is 5.34. The van der Waals surface area contributed by atoms with E-state index in [0.29, 0.717) is 0 Å². The van der Waals surface area contributed by atoms with Gasteiger partial charge in [0.15, 0.2) is 0 Å². The van der Waals surface area contributed by atoms with Gasteiger partial charge in [-0.2, -0.15) is 17.8 Å². The second-order valence-electron chi connectivity index (χ2n) is 5.34. The predicted molar refractivity (Wildman–Crippen MR) is 87.8 cm³/mol. The number of carbonyl (C=O) groups excluding carboxylic acids is 1. The van der Waals surface area contributed by atoms with Gasteiger partial charge in [0.25, 0.3) is 17.2 Å². The van der Waals surface area contributed by atoms with Crippen LogP contribution >= 0.6 is 0 Å². The molecular formula is C16H9F3N4O4. The quantitative estimate of drug-likeness (QED) is 0.557. The molecule has 0 atom stereocenters. The minimum absolute atomic E-state index is 0.0199. The lowest BCUT2D eigenvalue weighted by molar-refractivity contribution is -0.384. The molecular weight excluding hydrogens is 369 g/mol. The zero-order chi connectivity index (χ0) is 19.8. The van der Waals surface area contributed by atoms with E-state index in [1.54, 1.807) is 0 Å². The molecule has 1 aromatic heterocycles. The van der Waals surface area contributed by atoms with Crippen LogP contribution < -0.4 is 11.0 Å². The molecule has 1 N–H and O–H groups in total. The summed E-state index contributed by atoms with van der Waals surface area (Å²) in [5, 5.41) is 10.5. The van der Waals surface area contributed by atoms with E-state index in [9.17, 15) is 32.9 Å². The van der Waals surface area contributed by atoms with Crippen LogP contribution in [0.4, 0.5) is 18.9 Å². The zero-order valence-electron chi connectivity index (χ0n) is 13.2. The summed E-state index contributed by atoms with van der Waals surface area (Å²) >= 11 is 0. The number of carbonyl (C=O) groups is 1. The summed E-state index contributed by atoms with van der Waals surface area (Å²) in [4.78, 5) is 38.0. The Balaban J connectivity index is 2.07. The Hall–Kier alpha value is -3.76. The van der Waals surface area contributed by atoms with Crippen LogP contribution in [0, 0.1) is 10.1 Å². The van der Waals surface area contributed by atoms with Gasteiger partial charge in [-0.1, -0.05) is 12.1 Å². The maximum atomic E-state index is 13.3. The number of fused-ring (bicyclic) bond motifs is 1. The number of para-hydroxylation sites is 1. The number of nitro groups is 1. The predicted octanol–water partition coefficient (Wildman–Crippen LogP) is 2.71. The average Bonchev–Trinajstić information content (AvgIpc) is 2.63. The molecule has 0 bridgehead atoms. The SMILES string of the molecule is O=C(Nn1c(C(F)(F)F)nc2ccccc2c1=O)c1ccc([N+](=O)[O-])cc1. The molecule has 8 nitrogen and oxygen atoms in total. The number of amides is 1. The molecule has 0 radical (unpaired) electrons. The number of rotatable bonds is 3. The fraction of sp³-hybridized carbons (Fsp3) is 0.0625. The van der Waals surface area contributed by atoms with E-state index < -0.39 is 28.4 Å². The average molecular weight is 378 g/mol. The lowest BCUT2D eigenvalue weighted by Gasteiger charge is -2.16. The highest BCUT2D eigenvalue weighted by atomic mass is 19.4. The van der Waals surface area contributed by atoms with E-state index in [4.69, 9.17) is 0 Å². The Morgan fingerprint density at radius 2 is 1.74 bits per heavy atom. The van der Waals surface area contributed by atoms with Crippen LogP contribution in [0.15, 0.2) is 53.3 Å². The monoisotopic (exact) mass is 378 g/mol. The van der Waals surface area contributed by atoms with E-state index in [-0.39, 0.29) is 26.8 Å². The topological polar surface area (TPSA) is 107 Å². The summed E-state index contributed by atoms with van der Waals surface area (Å²) in [6.45, 7) is 0. The molecule has 0 spiro atoms. The smallest absolute Gasteiger partial charge is 0.267 e. The first-order chi connectivity index (χ1) is 12.7. The minimum atomic E-state index is -5.01. The van der Waals surface area contributed by atoms with Gasteiger partial charge in [0, 0.05) is 17.7 Å². The van der Waals surface area contributed by atoms with Crippen molar-refractivity contribution in [3.05, 3.63) is 80.4 Å². The largest absolute Gasteiger partial charge is 0.451 e. The maximum absolute atomic E-state index is 13.3. The first-order valence-electron chi connectivity index (χ1n) is 7.33. The van der Waals surface area contributed by atoms with E-state index in [1.165, 1.54) is 24.3 Å².